The van der Waals surface area contributed by atoms with E-state index >= 15 is 0 Å². The van der Waals surface area contributed by atoms with Crippen molar-refractivity contribution in [2.75, 3.05) is 19.8 Å². The number of Topliss-reactive ketones (excluding diaryl/α,β-unsaturated/α-hetero) is 1. The van der Waals surface area contributed by atoms with Gasteiger partial charge in [0, 0.05) is 25.6 Å². The zero-order chi connectivity index (χ0) is 12.3. The van der Waals surface area contributed by atoms with Crippen molar-refractivity contribution in [2.45, 2.75) is 37.3 Å². The van der Waals surface area contributed by atoms with Crippen LogP contribution < -0.4 is 5.73 Å². The summed E-state index contributed by atoms with van der Waals surface area (Å²) in [6.45, 7) is 5.62. The molecule has 2 rings (SSSR count). The van der Waals surface area contributed by atoms with Crippen molar-refractivity contribution in [2.24, 2.45) is 11.7 Å². The van der Waals surface area contributed by atoms with Crippen LogP contribution in [0.3, 0.4) is 0 Å². The Balaban J connectivity index is 1.97. The molecule has 3 unspecified atom stereocenters. The maximum Gasteiger partial charge on any atom is 0.153 e. The number of hydrogen-bond donors (Lipinski definition) is 1. The topological polar surface area (TPSA) is 61.6 Å². The van der Waals surface area contributed by atoms with Crippen LogP contribution in [0.4, 0.5) is 0 Å². The summed E-state index contributed by atoms with van der Waals surface area (Å²) < 4.78 is 11.2. The minimum absolute atomic E-state index is 0.0281. The average molecular weight is 239 g/mol. The van der Waals surface area contributed by atoms with Gasteiger partial charge in [-0.2, -0.15) is 0 Å². The molecule has 2 N–H and O–H groups in total. The first-order chi connectivity index (χ1) is 8.17. The molecule has 0 aliphatic carbocycles. The molecule has 0 aromatic carbocycles. The number of ether oxygens (including phenoxy) is 2. The summed E-state index contributed by atoms with van der Waals surface area (Å²) in [6.07, 6.45) is 4.70. The molecule has 0 aromatic heterocycles. The first kappa shape index (κ1) is 12.7. The van der Waals surface area contributed by atoms with Crippen LogP contribution in [0.15, 0.2) is 12.7 Å². The molecule has 2 aliphatic rings. The van der Waals surface area contributed by atoms with Gasteiger partial charge in [0.15, 0.2) is 5.78 Å². The summed E-state index contributed by atoms with van der Waals surface area (Å²) >= 11 is 0. The minimum atomic E-state index is -0.407. The fourth-order valence-corrected chi connectivity index (χ4v) is 2.73. The molecule has 3 atom stereocenters. The highest BCUT2D eigenvalue weighted by Gasteiger charge is 2.43. The lowest BCUT2D eigenvalue weighted by atomic mass is 9.81. The van der Waals surface area contributed by atoms with Crippen molar-refractivity contribution >= 4 is 5.78 Å². The first-order valence-electron chi connectivity index (χ1n) is 6.29. The normalized spacial score (nSPS) is 34.8. The van der Waals surface area contributed by atoms with E-state index in [1.54, 1.807) is 6.08 Å². The molecule has 0 amide bonds. The van der Waals surface area contributed by atoms with Gasteiger partial charge in [-0.3, -0.25) is 4.79 Å². The smallest absolute Gasteiger partial charge is 0.153 e. The van der Waals surface area contributed by atoms with Crippen LogP contribution >= 0.6 is 0 Å². The second-order valence-corrected chi connectivity index (χ2v) is 5.06. The highest BCUT2D eigenvalue weighted by atomic mass is 16.6. The van der Waals surface area contributed by atoms with Crippen molar-refractivity contribution in [3.8, 4) is 0 Å². The van der Waals surface area contributed by atoms with Crippen LogP contribution in [-0.2, 0) is 14.3 Å². The SMILES string of the molecule is C=CCC(N)C(=O)C1CCOC2(CCOC2)C1. The standard InChI is InChI=1S/C13H21NO3/c1-2-3-11(14)12(15)10-4-6-17-13(8-10)5-7-16-9-13/h2,10-11H,1,3-9,14H2. The molecule has 2 heterocycles. The summed E-state index contributed by atoms with van der Waals surface area (Å²) in [5.74, 6) is 0.180. The van der Waals surface area contributed by atoms with E-state index in [4.69, 9.17) is 15.2 Å². The van der Waals surface area contributed by atoms with E-state index in [0.29, 0.717) is 19.6 Å². The Hall–Kier alpha value is -0.710. The lowest BCUT2D eigenvalue weighted by Crippen LogP contribution is -2.46. The maximum atomic E-state index is 12.2. The molecule has 4 nitrogen and oxygen atoms in total. The van der Waals surface area contributed by atoms with Gasteiger partial charge >= 0.3 is 0 Å². The van der Waals surface area contributed by atoms with E-state index in [-0.39, 0.29) is 17.3 Å². The zero-order valence-electron chi connectivity index (χ0n) is 10.2. The van der Waals surface area contributed by atoms with Gasteiger partial charge in [-0.1, -0.05) is 6.08 Å². The number of carbonyl (C=O) groups excluding carboxylic acids is 1. The van der Waals surface area contributed by atoms with E-state index in [1.807, 2.05) is 0 Å². The average Bonchev–Trinajstić information content (AvgIpc) is 2.76. The minimum Gasteiger partial charge on any atom is -0.378 e. The van der Waals surface area contributed by atoms with Gasteiger partial charge in [0.25, 0.3) is 0 Å². The van der Waals surface area contributed by atoms with Crippen molar-refractivity contribution in [3.05, 3.63) is 12.7 Å². The van der Waals surface area contributed by atoms with Gasteiger partial charge in [-0.15, -0.1) is 6.58 Å². The number of carbonyl (C=O) groups is 1. The summed E-state index contributed by atoms with van der Waals surface area (Å²) in [5.41, 5.74) is 5.64. The molecule has 96 valence electrons. The molecule has 0 aromatic rings. The molecule has 2 fully saturated rings. The molecule has 1 spiro atoms. The van der Waals surface area contributed by atoms with E-state index in [0.717, 1.165) is 25.9 Å². The third-order valence-corrected chi connectivity index (χ3v) is 3.75. The van der Waals surface area contributed by atoms with Gasteiger partial charge in [0.1, 0.15) is 0 Å². The Morgan fingerprint density at radius 1 is 1.59 bits per heavy atom. The fraction of sp³-hybridized carbons (Fsp3) is 0.769. The van der Waals surface area contributed by atoms with Gasteiger partial charge in [-0.05, 0) is 19.3 Å². The third-order valence-electron chi connectivity index (χ3n) is 3.75. The second kappa shape index (κ2) is 5.29. The summed E-state index contributed by atoms with van der Waals surface area (Å²) in [5, 5.41) is 0. The second-order valence-electron chi connectivity index (χ2n) is 5.06. The maximum absolute atomic E-state index is 12.2. The molecule has 4 heteroatoms. The quantitative estimate of drug-likeness (QED) is 0.745. The van der Waals surface area contributed by atoms with Crippen LogP contribution in [0, 0.1) is 5.92 Å². The van der Waals surface area contributed by atoms with E-state index in [1.165, 1.54) is 0 Å². The Morgan fingerprint density at radius 3 is 3.06 bits per heavy atom. The van der Waals surface area contributed by atoms with Crippen molar-refractivity contribution in [1.29, 1.82) is 0 Å². The molecule has 17 heavy (non-hydrogen) atoms. The van der Waals surface area contributed by atoms with Crippen molar-refractivity contribution in [3.63, 3.8) is 0 Å². The Labute approximate surface area is 102 Å². The third kappa shape index (κ3) is 2.76. The van der Waals surface area contributed by atoms with Crippen LogP contribution in [0.2, 0.25) is 0 Å². The summed E-state index contributed by atoms with van der Waals surface area (Å²) in [7, 11) is 0. The summed E-state index contributed by atoms with van der Waals surface area (Å²) in [4.78, 5) is 12.2. The molecule has 0 radical (unpaired) electrons. The lowest BCUT2D eigenvalue weighted by molar-refractivity contribution is -0.138. The molecular weight excluding hydrogens is 218 g/mol. The van der Waals surface area contributed by atoms with Crippen LogP contribution in [-0.4, -0.2) is 37.2 Å². The fourth-order valence-electron chi connectivity index (χ4n) is 2.73. The predicted molar refractivity (Wildman–Crippen MR) is 64.6 cm³/mol. The number of rotatable bonds is 4. The highest BCUT2D eigenvalue weighted by Crippen LogP contribution is 2.36. The van der Waals surface area contributed by atoms with E-state index in [2.05, 4.69) is 6.58 Å². The van der Waals surface area contributed by atoms with Crippen LogP contribution in [0.1, 0.15) is 25.7 Å². The highest BCUT2D eigenvalue weighted by molar-refractivity contribution is 5.86. The van der Waals surface area contributed by atoms with E-state index in [9.17, 15) is 4.79 Å². The largest absolute Gasteiger partial charge is 0.378 e. The molecular formula is C13H21NO3. The zero-order valence-corrected chi connectivity index (χ0v) is 10.2. The molecule has 0 bridgehead atoms. The lowest BCUT2D eigenvalue weighted by Gasteiger charge is -2.37. The number of hydrogen-bond acceptors (Lipinski definition) is 4. The number of nitrogens with two attached hydrogens (primary N) is 1. The first-order valence-corrected chi connectivity index (χ1v) is 6.29. The monoisotopic (exact) mass is 239 g/mol. The Bertz CT molecular complexity index is 297. The molecule has 2 aliphatic heterocycles. The Morgan fingerprint density at radius 2 is 2.41 bits per heavy atom. The van der Waals surface area contributed by atoms with Crippen molar-refractivity contribution in [1.82, 2.24) is 0 Å². The van der Waals surface area contributed by atoms with E-state index < -0.39 is 6.04 Å². The predicted octanol–water partition coefficient (Wildman–Crippen LogP) is 1.04. The van der Waals surface area contributed by atoms with Gasteiger partial charge in [0.2, 0.25) is 0 Å². The van der Waals surface area contributed by atoms with Crippen LogP contribution in [0.5, 0.6) is 0 Å². The van der Waals surface area contributed by atoms with Gasteiger partial charge in [0.05, 0.1) is 18.2 Å². The number of ketones is 1. The molecule has 2 saturated heterocycles. The van der Waals surface area contributed by atoms with Crippen molar-refractivity contribution < 1.29 is 14.3 Å². The Kier molecular flexibility index (Phi) is 3.97. The van der Waals surface area contributed by atoms with Gasteiger partial charge in [-0.25, -0.2) is 0 Å². The van der Waals surface area contributed by atoms with Crippen LogP contribution in [0.25, 0.3) is 0 Å². The summed E-state index contributed by atoms with van der Waals surface area (Å²) in [6, 6.07) is -0.407. The molecule has 0 saturated carbocycles. The van der Waals surface area contributed by atoms with Gasteiger partial charge < -0.3 is 15.2 Å².